The van der Waals surface area contributed by atoms with Crippen LogP contribution in [0.25, 0.3) is 0 Å². The maximum atomic E-state index is 11.6. The lowest BCUT2D eigenvalue weighted by Crippen LogP contribution is -2.39. The molecular formula is C13H18N4O. The van der Waals surface area contributed by atoms with Gasteiger partial charge in [-0.15, -0.1) is 0 Å². The largest absolute Gasteiger partial charge is 0.397 e. The normalized spacial score (nSPS) is 10.6. The number of rotatable bonds is 4. The number of carbonyl (C=O) groups is 1. The predicted molar refractivity (Wildman–Crippen MR) is 71.9 cm³/mol. The van der Waals surface area contributed by atoms with Gasteiger partial charge in [0.25, 0.3) is 0 Å². The Morgan fingerprint density at radius 1 is 1.50 bits per heavy atom. The first kappa shape index (κ1) is 13.8. The van der Waals surface area contributed by atoms with E-state index in [0.29, 0.717) is 17.8 Å². The fourth-order valence-electron chi connectivity index (χ4n) is 1.53. The van der Waals surface area contributed by atoms with E-state index in [1.807, 2.05) is 19.9 Å². The van der Waals surface area contributed by atoms with E-state index in [-0.39, 0.29) is 5.91 Å². The second kappa shape index (κ2) is 5.41. The Morgan fingerprint density at radius 3 is 2.67 bits per heavy atom. The predicted octanol–water partition coefficient (Wildman–Crippen LogP) is 1.32. The Bertz CT molecular complexity index is 488. The first-order valence-electron chi connectivity index (χ1n) is 5.66. The van der Waals surface area contributed by atoms with Crippen molar-refractivity contribution in [2.45, 2.75) is 13.8 Å². The number of anilines is 2. The van der Waals surface area contributed by atoms with Crippen molar-refractivity contribution < 1.29 is 4.79 Å². The molecule has 0 heterocycles. The maximum absolute atomic E-state index is 11.6. The number of hydrogen-bond acceptors (Lipinski definition) is 4. The average molecular weight is 246 g/mol. The van der Waals surface area contributed by atoms with Gasteiger partial charge in [0, 0.05) is 13.6 Å². The minimum atomic E-state index is -0.533. The van der Waals surface area contributed by atoms with Gasteiger partial charge < -0.3 is 16.4 Å². The van der Waals surface area contributed by atoms with Crippen molar-refractivity contribution in [2.75, 3.05) is 24.6 Å². The number of nitrogens with zero attached hydrogens (tertiary/aromatic N) is 1. The molecule has 1 aromatic rings. The maximum Gasteiger partial charge on any atom is 0.227 e. The third-order valence-electron chi connectivity index (χ3n) is 2.74. The van der Waals surface area contributed by atoms with E-state index in [2.05, 4.69) is 10.6 Å². The van der Waals surface area contributed by atoms with Crippen LogP contribution >= 0.6 is 0 Å². The molecule has 0 spiro atoms. The van der Waals surface area contributed by atoms with E-state index in [0.717, 1.165) is 5.69 Å². The quantitative estimate of drug-likeness (QED) is 0.699. The van der Waals surface area contributed by atoms with Gasteiger partial charge in [-0.05, 0) is 32.0 Å². The molecule has 0 saturated heterocycles. The molecule has 0 aliphatic rings. The molecule has 0 unspecified atom stereocenters. The van der Waals surface area contributed by atoms with Crippen LogP contribution in [0.5, 0.6) is 0 Å². The minimum Gasteiger partial charge on any atom is -0.397 e. The molecule has 1 rings (SSSR count). The monoisotopic (exact) mass is 246 g/mol. The molecule has 0 radical (unpaired) electrons. The average Bonchev–Trinajstić information content (AvgIpc) is 2.36. The van der Waals surface area contributed by atoms with E-state index in [1.165, 1.54) is 0 Å². The molecule has 96 valence electrons. The van der Waals surface area contributed by atoms with E-state index >= 15 is 0 Å². The van der Waals surface area contributed by atoms with Crippen molar-refractivity contribution in [2.24, 2.45) is 5.41 Å². The van der Waals surface area contributed by atoms with E-state index in [4.69, 9.17) is 11.0 Å². The van der Waals surface area contributed by atoms with Crippen LogP contribution in [-0.4, -0.2) is 19.5 Å². The molecule has 18 heavy (non-hydrogen) atoms. The molecule has 4 N–H and O–H groups in total. The van der Waals surface area contributed by atoms with E-state index in [9.17, 15) is 4.79 Å². The molecule has 5 heteroatoms. The first-order chi connectivity index (χ1) is 8.40. The summed E-state index contributed by atoms with van der Waals surface area (Å²) < 4.78 is 0. The Hall–Kier alpha value is -2.22. The summed E-state index contributed by atoms with van der Waals surface area (Å²) in [6.07, 6.45) is 0. The van der Waals surface area contributed by atoms with Crippen molar-refractivity contribution in [3.05, 3.63) is 23.8 Å². The third kappa shape index (κ3) is 3.14. The van der Waals surface area contributed by atoms with E-state index < -0.39 is 5.41 Å². The summed E-state index contributed by atoms with van der Waals surface area (Å²) in [4.78, 5) is 11.6. The number of hydrogen-bond donors (Lipinski definition) is 3. The van der Waals surface area contributed by atoms with Gasteiger partial charge >= 0.3 is 0 Å². The van der Waals surface area contributed by atoms with Gasteiger partial charge in [0.1, 0.15) is 0 Å². The molecule has 0 saturated carbocycles. The molecule has 0 fully saturated rings. The Kier molecular flexibility index (Phi) is 4.16. The zero-order valence-electron chi connectivity index (χ0n) is 10.9. The van der Waals surface area contributed by atoms with Crippen molar-refractivity contribution in [3.63, 3.8) is 0 Å². The molecule has 0 aromatic heterocycles. The van der Waals surface area contributed by atoms with Crippen molar-refractivity contribution in [1.29, 1.82) is 5.26 Å². The number of nitrogen functional groups attached to an aromatic ring is 1. The Labute approximate surface area is 107 Å². The fourth-order valence-corrected chi connectivity index (χ4v) is 1.53. The SMILES string of the molecule is CNC(=O)C(C)(C)CNc1ccc(C#N)cc1N. The third-order valence-corrected chi connectivity index (χ3v) is 2.74. The van der Waals surface area contributed by atoms with Crippen LogP contribution in [0.2, 0.25) is 0 Å². The first-order valence-corrected chi connectivity index (χ1v) is 5.66. The van der Waals surface area contributed by atoms with Gasteiger partial charge in [-0.2, -0.15) is 5.26 Å². The van der Waals surface area contributed by atoms with Crippen LogP contribution in [-0.2, 0) is 4.79 Å². The number of benzene rings is 1. The topological polar surface area (TPSA) is 90.9 Å². The molecular weight excluding hydrogens is 228 g/mol. The number of nitrogens with two attached hydrogens (primary N) is 1. The van der Waals surface area contributed by atoms with Crippen LogP contribution in [0.15, 0.2) is 18.2 Å². The Balaban J connectivity index is 2.76. The van der Waals surface area contributed by atoms with Crippen LogP contribution in [0.3, 0.4) is 0 Å². The summed E-state index contributed by atoms with van der Waals surface area (Å²) in [6.45, 7) is 4.15. The van der Waals surface area contributed by atoms with Crippen LogP contribution in [0, 0.1) is 16.7 Å². The lowest BCUT2D eigenvalue weighted by molar-refractivity contribution is -0.128. The molecule has 0 bridgehead atoms. The molecule has 0 aliphatic heterocycles. The van der Waals surface area contributed by atoms with Gasteiger partial charge in [-0.1, -0.05) is 0 Å². The minimum absolute atomic E-state index is 0.0396. The highest BCUT2D eigenvalue weighted by Crippen LogP contribution is 2.22. The summed E-state index contributed by atoms with van der Waals surface area (Å²) in [5.41, 5.74) is 7.03. The number of nitriles is 1. The van der Waals surface area contributed by atoms with Crippen molar-refractivity contribution in [1.82, 2.24) is 5.32 Å². The second-order valence-electron chi connectivity index (χ2n) is 4.73. The fraction of sp³-hybridized carbons (Fsp3) is 0.385. The van der Waals surface area contributed by atoms with E-state index in [1.54, 1.807) is 25.2 Å². The van der Waals surface area contributed by atoms with Gasteiger partial charge in [0.15, 0.2) is 0 Å². The van der Waals surface area contributed by atoms with Crippen LogP contribution in [0.4, 0.5) is 11.4 Å². The van der Waals surface area contributed by atoms with Gasteiger partial charge in [-0.3, -0.25) is 4.79 Å². The van der Waals surface area contributed by atoms with Crippen LogP contribution in [0.1, 0.15) is 19.4 Å². The summed E-state index contributed by atoms with van der Waals surface area (Å²) in [6, 6.07) is 7.06. The van der Waals surface area contributed by atoms with Gasteiger partial charge in [0.05, 0.1) is 28.4 Å². The highest BCUT2D eigenvalue weighted by molar-refractivity contribution is 5.82. The summed E-state index contributed by atoms with van der Waals surface area (Å²) >= 11 is 0. The van der Waals surface area contributed by atoms with Crippen molar-refractivity contribution in [3.8, 4) is 6.07 Å². The van der Waals surface area contributed by atoms with Gasteiger partial charge in [-0.25, -0.2) is 0 Å². The Morgan fingerprint density at radius 2 is 2.17 bits per heavy atom. The number of amides is 1. The summed E-state index contributed by atoms with van der Waals surface area (Å²) in [5, 5.41) is 14.5. The van der Waals surface area contributed by atoms with Crippen molar-refractivity contribution >= 4 is 17.3 Å². The second-order valence-corrected chi connectivity index (χ2v) is 4.73. The molecule has 1 amide bonds. The molecule has 0 atom stereocenters. The molecule has 0 aliphatic carbocycles. The smallest absolute Gasteiger partial charge is 0.227 e. The lowest BCUT2D eigenvalue weighted by atomic mass is 9.92. The number of carbonyl (C=O) groups excluding carboxylic acids is 1. The summed E-state index contributed by atoms with van der Waals surface area (Å²) in [5.74, 6) is -0.0396. The van der Waals surface area contributed by atoms with Gasteiger partial charge in [0.2, 0.25) is 5.91 Å². The molecule has 1 aromatic carbocycles. The number of nitrogens with one attached hydrogen (secondary N) is 2. The standard InChI is InChI=1S/C13H18N4O/c1-13(2,12(18)16-3)8-17-11-5-4-9(7-14)6-10(11)15/h4-6,17H,8,15H2,1-3H3,(H,16,18). The lowest BCUT2D eigenvalue weighted by Gasteiger charge is -2.24. The van der Waals surface area contributed by atoms with Crippen LogP contribution < -0.4 is 16.4 Å². The highest BCUT2D eigenvalue weighted by Gasteiger charge is 2.26. The zero-order valence-corrected chi connectivity index (χ0v) is 10.9. The highest BCUT2D eigenvalue weighted by atomic mass is 16.2. The zero-order chi connectivity index (χ0) is 13.8. The molecule has 5 nitrogen and oxygen atoms in total. The summed E-state index contributed by atoms with van der Waals surface area (Å²) in [7, 11) is 1.61.